The van der Waals surface area contributed by atoms with Crippen molar-refractivity contribution in [1.82, 2.24) is 5.32 Å². The number of rotatable bonds is 8. The van der Waals surface area contributed by atoms with E-state index in [-0.39, 0.29) is 23.8 Å². The Morgan fingerprint density at radius 1 is 0.974 bits per heavy atom. The number of Topliss-reactive ketones (excluding diaryl/α,β-unsaturated/α-hetero) is 1. The fraction of sp³-hybridized carbons (Fsp3) is 0.455. The third-order valence-electron chi connectivity index (χ3n) is 8.13. The van der Waals surface area contributed by atoms with E-state index in [0.717, 1.165) is 54.6 Å². The van der Waals surface area contributed by atoms with Crippen molar-refractivity contribution in [3.8, 4) is 11.5 Å². The Balaban J connectivity index is 1.55. The summed E-state index contributed by atoms with van der Waals surface area (Å²) in [6, 6.07) is 15.9. The predicted octanol–water partition coefficient (Wildman–Crippen LogP) is 6.72. The average Bonchev–Trinajstić information content (AvgIpc) is 2.96. The number of dihydropyridines is 1. The first-order valence-corrected chi connectivity index (χ1v) is 14.3. The van der Waals surface area contributed by atoms with Crippen molar-refractivity contribution >= 4 is 11.8 Å². The highest BCUT2D eigenvalue weighted by atomic mass is 16.5. The highest BCUT2D eigenvalue weighted by molar-refractivity contribution is 6.04. The molecule has 1 fully saturated rings. The minimum atomic E-state index is -0.532. The zero-order chi connectivity index (χ0) is 27.4. The smallest absolute Gasteiger partial charge is 0.337 e. The Morgan fingerprint density at radius 3 is 2.46 bits per heavy atom. The quantitative estimate of drug-likeness (QED) is 0.383. The first-order chi connectivity index (χ1) is 19.0. The van der Waals surface area contributed by atoms with Crippen molar-refractivity contribution in [1.29, 1.82) is 0 Å². The molecule has 39 heavy (non-hydrogen) atoms. The van der Waals surface area contributed by atoms with Gasteiger partial charge in [-0.25, -0.2) is 4.79 Å². The molecule has 6 nitrogen and oxygen atoms in total. The lowest BCUT2D eigenvalue weighted by Gasteiger charge is -2.37. The topological polar surface area (TPSA) is 73.9 Å². The molecule has 2 aromatic rings. The van der Waals surface area contributed by atoms with Crippen LogP contribution in [0.4, 0.5) is 0 Å². The SMILES string of the molecule is CCCOc1ccc([C@@H]2C(C(=O)OC3CCCCC3)=C(C)NC3=C2C(=O)C[C@@H](c2ccccc2)C3)cc1OC. The van der Waals surface area contributed by atoms with Crippen LogP contribution in [0.3, 0.4) is 0 Å². The molecule has 0 radical (unpaired) electrons. The number of allylic oxidation sites excluding steroid dienone is 3. The minimum Gasteiger partial charge on any atom is -0.493 e. The molecular formula is C33H39NO5. The summed E-state index contributed by atoms with van der Waals surface area (Å²) >= 11 is 0. The highest BCUT2D eigenvalue weighted by Crippen LogP contribution is 2.47. The van der Waals surface area contributed by atoms with Crippen molar-refractivity contribution in [2.45, 2.75) is 83.2 Å². The molecule has 0 bridgehead atoms. The van der Waals surface area contributed by atoms with Gasteiger partial charge in [0.05, 0.1) is 19.3 Å². The largest absolute Gasteiger partial charge is 0.493 e. The molecule has 1 heterocycles. The first kappa shape index (κ1) is 27.0. The van der Waals surface area contributed by atoms with Crippen LogP contribution in [0, 0.1) is 0 Å². The van der Waals surface area contributed by atoms with Gasteiger partial charge in [0.15, 0.2) is 17.3 Å². The molecule has 0 amide bonds. The lowest BCUT2D eigenvalue weighted by molar-refractivity contribution is -0.146. The first-order valence-electron chi connectivity index (χ1n) is 14.3. The molecule has 2 atom stereocenters. The molecular weight excluding hydrogens is 490 g/mol. The van der Waals surface area contributed by atoms with Gasteiger partial charge in [-0.1, -0.05) is 49.7 Å². The maximum atomic E-state index is 13.9. The average molecular weight is 530 g/mol. The number of benzene rings is 2. The summed E-state index contributed by atoms with van der Waals surface area (Å²) < 4.78 is 17.6. The number of nitrogens with one attached hydrogen (secondary N) is 1. The third-order valence-corrected chi connectivity index (χ3v) is 8.13. The molecule has 0 spiro atoms. The number of ether oxygens (including phenoxy) is 3. The van der Waals surface area contributed by atoms with Crippen LogP contribution in [0.1, 0.15) is 88.2 Å². The van der Waals surface area contributed by atoms with Crippen LogP contribution in [-0.2, 0) is 14.3 Å². The molecule has 0 unspecified atom stereocenters. The lowest BCUT2D eigenvalue weighted by Crippen LogP contribution is -2.37. The van der Waals surface area contributed by atoms with E-state index in [9.17, 15) is 9.59 Å². The maximum Gasteiger partial charge on any atom is 0.337 e. The van der Waals surface area contributed by atoms with Gasteiger partial charge in [0.25, 0.3) is 0 Å². The summed E-state index contributed by atoms with van der Waals surface area (Å²) in [5.74, 6) is 0.515. The van der Waals surface area contributed by atoms with E-state index in [2.05, 4.69) is 24.4 Å². The van der Waals surface area contributed by atoms with Gasteiger partial charge in [-0.15, -0.1) is 0 Å². The molecule has 0 saturated heterocycles. The molecule has 5 rings (SSSR count). The standard InChI is InChI=1S/C33H39NO5/c1-4-17-38-28-16-15-23(20-29(28)37-3)31-30(33(36)39-25-13-9-6-10-14-25)21(2)34-26-18-24(19-27(35)32(26)31)22-11-7-5-8-12-22/h5,7-8,11-12,15-16,20,24-25,31,34H,4,6,9-10,13-14,17-19H2,1-3H3/t24-,31+/m0/s1. The van der Waals surface area contributed by atoms with Crippen LogP contribution in [-0.4, -0.2) is 31.6 Å². The fourth-order valence-corrected chi connectivity index (χ4v) is 6.20. The summed E-state index contributed by atoms with van der Waals surface area (Å²) in [7, 11) is 1.61. The molecule has 206 valence electrons. The Labute approximate surface area is 231 Å². The summed E-state index contributed by atoms with van der Waals surface area (Å²) in [6.07, 6.45) is 7.01. The van der Waals surface area contributed by atoms with Crippen molar-refractivity contribution in [3.63, 3.8) is 0 Å². The van der Waals surface area contributed by atoms with Gasteiger partial charge in [-0.2, -0.15) is 0 Å². The Hall–Kier alpha value is -3.54. The zero-order valence-electron chi connectivity index (χ0n) is 23.3. The van der Waals surface area contributed by atoms with Crippen LogP contribution in [0.25, 0.3) is 0 Å². The van der Waals surface area contributed by atoms with Crippen LogP contribution in [0.2, 0.25) is 0 Å². The van der Waals surface area contributed by atoms with Gasteiger partial charge < -0.3 is 19.5 Å². The normalized spacial score (nSPS) is 21.8. The molecule has 0 aromatic heterocycles. The van der Waals surface area contributed by atoms with Crippen molar-refractivity contribution in [2.24, 2.45) is 0 Å². The molecule has 1 N–H and O–H groups in total. The second-order valence-corrected chi connectivity index (χ2v) is 10.9. The number of carbonyl (C=O) groups excluding carboxylic acids is 2. The molecule has 1 aliphatic heterocycles. The summed E-state index contributed by atoms with van der Waals surface area (Å²) in [5, 5.41) is 3.47. The summed E-state index contributed by atoms with van der Waals surface area (Å²) in [5.41, 5.74) is 4.78. The van der Waals surface area contributed by atoms with Crippen LogP contribution >= 0.6 is 0 Å². The van der Waals surface area contributed by atoms with Crippen LogP contribution < -0.4 is 14.8 Å². The molecule has 3 aliphatic rings. The van der Waals surface area contributed by atoms with Crippen molar-refractivity contribution in [3.05, 3.63) is 82.2 Å². The Morgan fingerprint density at radius 2 is 1.74 bits per heavy atom. The number of methoxy groups -OCH3 is 1. The van der Waals surface area contributed by atoms with E-state index in [0.29, 0.717) is 42.1 Å². The molecule has 2 aliphatic carbocycles. The predicted molar refractivity (Wildman–Crippen MR) is 151 cm³/mol. The molecule has 2 aromatic carbocycles. The van der Waals surface area contributed by atoms with E-state index in [1.165, 1.54) is 6.42 Å². The van der Waals surface area contributed by atoms with Gasteiger partial charge in [-0.3, -0.25) is 4.79 Å². The van der Waals surface area contributed by atoms with Gasteiger partial charge >= 0.3 is 5.97 Å². The lowest BCUT2D eigenvalue weighted by atomic mass is 9.71. The van der Waals surface area contributed by atoms with E-state index in [1.54, 1.807) is 7.11 Å². The third kappa shape index (κ3) is 5.75. The van der Waals surface area contributed by atoms with Crippen LogP contribution in [0.5, 0.6) is 11.5 Å². The van der Waals surface area contributed by atoms with Gasteiger partial charge in [0.2, 0.25) is 0 Å². The van der Waals surface area contributed by atoms with Gasteiger partial charge in [-0.05, 0) is 74.6 Å². The van der Waals surface area contributed by atoms with Crippen molar-refractivity contribution in [2.75, 3.05) is 13.7 Å². The van der Waals surface area contributed by atoms with Gasteiger partial charge in [0.1, 0.15) is 6.10 Å². The monoisotopic (exact) mass is 529 g/mol. The number of hydrogen-bond acceptors (Lipinski definition) is 6. The number of carbonyl (C=O) groups is 2. The minimum absolute atomic E-state index is 0.0587. The summed E-state index contributed by atoms with van der Waals surface area (Å²) in [6.45, 7) is 4.55. The summed E-state index contributed by atoms with van der Waals surface area (Å²) in [4.78, 5) is 27.7. The molecule has 6 heteroatoms. The number of esters is 1. The highest BCUT2D eigenvalue weighted by Gasteiger charge is 2.42. The number of ketones is 1. The molecule has 1 saturated carbocycles. The second kappa shape index (κ2) is 12.1. The number of hydrogen-bond donors (Lipinski definition) is 1. The Bertz CT molecular complexity index is 1270. The van der Waals surface area contributed by atoms with Gasteiger partial charge in [0, 0.05) is 29.3 Å². The van der Waals surface area contributed by atoms with E-state index < -0.39 is 5.92 Å². The zero-order valence-corrected chi connectivity index (χ0v) is 23.3. The van der Waals surface area contributed by atoms with Crippen molar-refractivity contribution < 1.29 is 23.8 Å². The van der Waals surface area contributed by atoms with Crippen LogP contribution in [0.15, 0.2) is 71.1 Å². The second-order valence-electron chi connectivity index (χ2n) is 10.9. The fourth-order valence-electron chi connectivity index (χ4n) is 6.20. The van der Waals surface area contributed by atoms with E-state index in [4.69, 9.17) is 14.2 Å². The van der Waals surface area contributed by atoms with E-state index in [1.807, 2.05) is 43.3 Å². The Kier molecular flexibility index (Phi) is 8.39. The maximum absolute atomic E-state index is 13.9. The van der Waals surface area contributed by atoms with E-state index >= 15 is 0 Å².